The Morgan fingerprint density at radius 1 is 1.23 bits per heavy atom. The molecule has 0 amide bonds. The topological polar surface area (TPSA) is 29.7 Å². The third-order valence-corrected chi connectivity index (χ3v) is 2.95. The number of thioether (sulfide) groups is 2. The summed E-state index contributed by atoms with van der Waals surface area (Å²) < 4.78 is 1.81. The van der Waals surface area contributed by atoms with E-state index in [2.05, 4.69) is 10.1 Å². The lowest BCUT2D eigenvalue weighted by atomic mass is 10.5. The predicted molar refractivity (Wildman–Crippen MR) is 51.5 cm³/mol. The summed E-state index contributed by atoms with van der Waals surface area (Å²) >= 11 is 3.24. The van der Waals surface area contributed by atoms with Gasteiger partial charge in [0.25, 0.3) is 0 Å². The Bertz CT molecular complexity index is 268. The molecule has 1 rings (SSSR count). The molecule has 0 aliphatic carbocycles. The maximum absolute atomic E-state index is 4.44. The molecule has 0 radical (unpaired) electrons. The Labute approximate surface area is 104 Å². The van der Waals surface area contributed by atoms with Gasteiger partial charge in [-0.1, -0.05) is 16.9 Å². The minimum atomic E-state index is 0. The van der Waals surface area contributed by atoms with Crippen LogP contribution in [0.1, 0.15) is 5.69 Å². The molecule has 0 aliphatic rings. The van der Waals surface area contributed by atoms with E-state index >= 15 is 0 Å². The first kappa shape index (κ1) is 13.4. The highest BCUT2D eigenvalue weighted by Crippen LogP contribution is 2.15. The van der Waals surface area contributed by atoms with E-state index in [1.807, 2.05) is 26.5 Å². The predicted octanol–water partition coefficient (Wildman–Crippen LogP) is -1.94. The summed E-state index contributed by atoms with van der Waals surface area (Å²) in [6.45, 7) is 1.98. The van der Waals surface area contributed by atoms with Crippen LogP contribution in [0.5, 0.6) is 0 Å². The molecule has 0 fully saturated rings. The van der Waals surface area contributed by atoms with E-state index in [1.54, 1.807) is 28.2 Å². The van der Waals surface area contributed by atoms with Gasteiger partial charge in [-0.25, -0.2) is 0 Å². The standard InChI is InChI=1S/C7H12N3S2.HI/c1-5-6(11-3)8-7(12-4)10(2)9-5;/h1-4H3;1H/q+1;/p-1. The minimum Gasteiger partial charge on any atom is -1.00 e. The lowest BCUT2D eigenvalue weighted by molar-refractivity contribution is -0.771. The molecular formula is C7H12IN3S2. The second-order valence-corrected chi connectivity index (χ2v) is 3.89. The largest absolute Gasteiger partial charge is 1.00 e. The fourth-order valence-corrected chi connectivity index (χ4v) is 1.98. The van der Waals surface area contributed by atoms with Gasteiger partial charge in [0.1, 0.15) is 12.7 Å². The second kappa shape index (κ2) is 6.02. The van der Waals surface area contributed by atoms with Crippen molar-refractivity contribution in [2.75, 3.05) is 12.5 Å². The SMILES string of the molecule is CSc1nc(SC)[n+](C)nc1C.[I-]. The van der Waals surface area contributed by atoms with Gasteiger partial charge in [0.2, 0.25) is 5.03 Å². The lowest BCUT2D eigenvalue weighted by Crippen LogP contribution is -3.00. The van der Waals surface area contributed by atoms with Crippen molar-refractivity contribution in [3.63, 3.8) is 0 Å². The van der Waals surface area contributed by atoms with E-state index in [-0.39, 0.29) is 24.0 Å². The van der Waals surface area contributed by atoms with Crippen molar-refractivity contribution < 1.29 is 28.7 Å². The van der Waals surface area contributed by atoms with Gasteiger partial charge < -0.3 is 24.0 Å². The molecule has 74 valence electrons. The van der Waals surface area contributed by atoms with Gasteiger partial charge in [-0.05, 0) is 36.2 Å². The van der Waals surface area contributed by atoms with Crippen LogP contribution in [-0.4, -0.2) is 22.6 Å². The fraction of sp³-hybridized carbons (Fsp3) is 0.571. The number of nitrogens with zero attached hydrogens (tertiary/aromatic N) is 3. The summed E-state index contributed by atoms with van der Waals surface area (Å²) in [7, 11) is 1.91. The molecule has 1 aromatic heterocycles. The molecule has 13 heavy (non-hydrogen) atoms. The van der Waals surface area contributed by atoms with Gasteiger partial charge in [0.15, 0.2) is 0 Å². The van der Waals surface area contributed by atoms with E-state index in [0.717, 1.165) is 15.9 Å². The summed E-state index contributed by atoms with van der Waals surface area (Å²) in [5.74, 6) is 0. The van der Waals surface area contributed by atoms with Crippen molar-refractivity contribution in [2.45, 2.75) is 17.1 Å². The van der Waals surface area contributed by atoms with E-state index < -0.39 is 0 Å². The molecule has 0 atom stereocenters. The number of aryl methyl sites for hydroxylation is 2. The maximum Gasteiger partial charge on any atom is 0.380 e. The van der Waals surface area contributed by atoms with Crippen LogP contribution in [0.2, 0.25) is 0 Å². The number of hydrogen-bond donors (Lipinski definition) is 0. The molecule has 0 unspecified atom stereocenters. The first-order valence-corrected chi connectivity index (χ1v) is 5.97. The molecule has 1 heterocycles. The molecular weight excluding hydrogens is 317 g/mol. The summed E-state index contributed by atoms with van der Waals surface area (Å²) in [4.78, 5) is 4.44. The van der Waals surface area contributed by atoms with Crippen LogP contribution in [-0.2, 0) is 7.05 Å². The zero-order valence-electron chi connectivity index (χ0n) is 8.04. The van der Waals surface area contributed by atoms with Crippen molar-refractivity contribution in [2.24, 2.45) is 7.05 Å². The summed E-state index contributed by atoms with van der Waals surface area (Å²) in [5, 5.41) is 6.29. The smallest absolute Gasteiger partial charge is 0.380 e. The first-order chi connectivity index (χ1) is 5.69. The molecule has 0 aromatic carbocycles. The molecule has 0 saturated heterocycles. The van der Waals surface area contributed by atoms with Crippen molar-refractivity contribution >= 4 is 23.5 Å². The number of hydrogen-bond acceptors (Lipinski definition) is 4. The maximum atomic E-state index is 4.44. The van der Waals surface area contributed by atoms with Crippen LogP contribution in [0.25, 0.3) is 0 Å². The highest BCUT2D eigenvalue weighted by atomic mass is 127. The van der Waals surface area contributed by atoms with Gasteiger partial charge in [0, 0.05) is 0 Å². The van der Waals surface area contributed by atoms with E-state index in [9.17, 15) is 0 Å². The first-order valence-electron chi connectivity index (χ1n) is 3.52. The quantitative estimate of drug-likeness (QED) is 0.359. The zero-order chi connectivity index (χ0) is 9.14. The van der Waals surface area contributed by atoms with E-state index in [4.69, 9.17) is 0 Å². The molecule has 0 N–H and O–H groups in total. The Kier molecular flexibility index (Phi) is 6.23. The highest BCUT2D eigenvalue weighted by Gasteiger charge is 2.15. The molecule has 0 aliphatic heterocycles. The third-order valence-electron chi connectivity index (χ3n) is 1.46. The van der Waals surface area contributed by atoms with Crippen LogP contribution >= 0.6 is 23.5 Å². The molecule has 0 saturated carbocycles. The Morgan fingerprint density at radius 2 is 1.85 bits per heavy atom. The minimum absolute atomic E-state index is 0. The molecule has 0 spiro atoms. The van der Waals surface area contributed by atoms with Crippen molar-refractivity contribution in [3.8, 4) is 0 Å². The Morgan fingerprint density at radius 3 is 2.31 bits per heavy atom. The summed E-state index contributed by atoms with van der Waals surface area (Å²) in [6.07, 6.45) is 4.02. The molecule has 3 nitrogen and oxygen atoms in total. The number of rotatable bonds is 2. The zero-order valence-corrected chi connectivity index (χ0v) is 11.8. The lowest BCUT2D eigenvalue weighted by Gasteiger charge is -1.97. The highest BCUT2D eigenvalue weighted by molar-refractivity contribution is 7.99. The van der Waals surface area contributed by atoms with Crippen molar-refractivity contribution in [1.82, 2.24) is 10.1 Å². The fourth-order valence-electron chi connectivity index (χ4n) is 0.922. The molecule has 6 heteroatoms. The van der Waals surface area contributed by atoms with Crippen LogP contribution in [0, 0.1) is 6.92 Å². The van der Waals surface area contributed by atoms with E-state index in [1.165, 1.54) is 0 Å². The average Bonchev–Trinajstić information content (AvgIpc) is 2.05. The molecule has 0 bridgehead atoms. The Hall–Kier alpha value is 0.440. The Balaban J connectivity index is 0.00000144. The number of halogens is 1. The monoisotopic (exact) mass is 329 g/mol. The van der Waals surface area contributed by atoms with Gasteiger partial charge in [-0.15, -0.1) is 4.68 Å². The normalized spacial score (nSPS) is 9.54. The van der Waals surface area contributed by atoms with Crippen LogP contribution in [0.4, 0.5) is 0 Å². The summed E-state index contributed by atoms with van der Waals surface area (Å²) in [5.41, 5.74) is 0.989. The molecule has 1 aromatic rings. The summed E-state index contributed by atoms with van der Waals surface area (Å²) in [6, 6.07) is 0. The number of aromatic nitrogens is 3. The van der Waals surface area contributed by atoms with Crippen molar-refractivity contribution in [1.29, 1.82) is 0 Å². The van der Waals surface area contributed by atoms with Crippen LogP contribution in [0.3, 0.4) is 0 Å². The third kappa shape index (κ3) is 3.25. The van der Waals surface area contributed by atoms with Gasteiger partial charge >= 0.3 is 5.16 Å². The van der Waals surface area contributed by atoms with Gasteiger partial charge in [0.05, 0.1) is 0 Å². The van der Waals surface area contributed by atoms with Crippen LogP contribution < -0.4 is 28.7 Å². The second-order valence-electron chi connectivity index (χ2n) is 2.32. The van der Waals surface area contributed by atoms with Gasteiger partial charge in [-0.3, -0.25) is 0 Å². The van der Waals surface area contributed by atoms with Gasteiger partial charge in [-0.2, -0.15) is 0 Å². The average molecular weight is 329 g/mol. The van der Waals surface area contributed by atoms with Crippen LogP contribution in [0.15, 0.2) is 10.2 Å². The van der Waals surface area contributed by atoms with E-state index in [0.29, 0.717) is 0 Å². The van der Waals surface area contributed by atoms with Crippen molar-refractivity contribution in [3.05, 3.63) is 5.69 Å².